The highest BCUT2D eigenvalue weighted by molar-refractivity contribution is 8.00. The maximum Gasteiger partial charge on any atom is 0.240 e. The summed E-state index contributed by atoms with van der Waals surface area (Å²) in [5.74, 6) is 1.69. The number of rotatable bonds is 6. The Labute approximate surface area is 158 Å². The van der Waals surface area contributed by atoms with Crippen LogP contribution in [0.15, 0.2) is 42.1 Å². The monoisotopic (exact) mass is 368 g/mol. The number of thioether (sulfide) groups is 1. The van der Waals surface area contributed by atoms with E-state index in [2.05, 4.69) is 34.3 Å². The van der Waals surface area contributed by atoms with E-state index in [-0.39, 0.29) is 17.2 Å². The van der Waals surface area contributed by atoms with E-state index in [9.17, 15) is 4.79 Å². The molecule has 26 heavy (non-hydrogen) atoms. The molecule has 1 saturated carbocycles. The van der Waals surface area contributed by atoms with Crippen LogP contribution >= 0.6 is 11.8 Å². The molecule has 136 valence electrons. The van der Waals surface area contributed by atoms with E-state index in [1.165, 1.54) is 30.2 Å². The number of carbonyl (C=O) groups is 1. The number of amides is 1. The van der Waals surface area contributed by atoms with E-state index in [1.54, 1.807) is 0 Å². The van der Waals surface area contributed by atoms with Crippen molar-refractivity contribution in [3.05, 3.63) is 48.3 Å². The van der Waals surface area contributed by atoms with Crippen LogP contribution in [0.25, 0.3) is 0 Å². The second-order valence-electron chi connectivity index (χ2n) is 7.16. The predicted molar refractivity (Wildman–Crippen MR) is 105 cm³/mol. The molecule has 1 aliphatic carbocycles. The van der Waals surface area contributed by atoms with Crippen molar-refractivity contribution in [3.8, 4) is 0 Å². The zero-order valence-electron chi connectivity index (χ0n) is 15.3. The first-order chi connectivity index (χ1) is 12.6. The molecule has 0 saturated heterocycles. The third-order valence-electron chi connectivity index (χ3n) is 5.07. The summed E-state index contributed by atoms with van der Waals surface area (Å²) in [4.78, 5) is 15.1. The maximum atomic E-state index is 13.2. The fraction of sp³-hybridized carbons (Fsp3) is 0.450. The molecule has 0 radical (unpaired) electrons. The molecule has 1 fully saturated rings. The number of benzene rings is 1. The van der Waals surface area contributed by atoms with Crippen molar-refractivity contribution in [1.82, 2.24) is 14.8 Å². The van der Waals surface area contributed by atoms with Gasteiger partial charge in [-0.1, -0.05) is 36.0 Å². The van der Waals surface area contributed by atoms with Crippen molar-refractivity contribution >= 4 is 23.4 Å². The first-order valence-electron chi connectivity index (χ1n) is 9.21. The average molecular weight is 369 g/mol. The minimum Gasteiger partial charge on any atom is -0.308 e. The smallest absolute Gasteiger partial charge is 0.240 e. The van der Waals surface area contributed by atoms with Gasteiger partial charge in [0.05, 0.1) is 5.25 Å². The lowest BCUT2D eigenvalue weighted by Gasteiger charge is -2.25. The third-order valence-corrected chi connectivity index (χ3v) is 6.14. The molecule has 2 heterocycles. The Bertz CT molecular complexity index is 842. The van der Waals surface area contributed by atoms with Gasteiger partial charge in [-0.25, -0.2) is 0 Å². The van der Waals surface area contributed by atoms with E-state index in [1.807, 2.05) is 36.1 Å². The van der Waals surface area contributed by atoms with Crippen LogP contribution < -0.4 is 4.90 Å². The van der Waals surface area contributed by atoms with Gasteiger partial charge in [-0.2, -0.15) is 0 Å². The Morgan fingerprint density at radius 1 is 1.38 bits per heavy atom. The zero-order chi connectivity index (χ0) is 18.3. The number of fused-ring (bicyclic) bond motifs is 1. The number of para-hydroxylation sites is 1. The van der Waals surface area contributed by atoms with Gasteiger partial charge in [0.15, 0.2) is 5.16 Å². The van der Waals surface area contributed by atoms with Gasteiger partial charge < -0.3 is 9.47 Å². The molecule has 1 aromatic carbocycles. The Hall–Kier alpha value is -2.08. The van der Waals surface area contributed by atoms with Crippen molar-refractivity contribution in [2.45, 2.75) is 62.0 Å². The molecule has 2 atom stereocenters. The van der Waals surface area contributed by atoms with Gasteiger partial charge >= 0.3 is 0 Å². The Balaban J connectivity index is 1.54. The molecule has 0 bridgehead atoms. The number of anilines is 1. The Morgan fingerprint density at radius 3 is 2.88 bits per heavy atom. The normalized spacial score (nSPS) is 20.1. The summed E-state index contributed by atoms with van der Waals surface area (Å²) in [6, 6.07) is 8.38. The van der Waals surface area contributed by atoms with E-state index in [0.717, 1.165) is 23.1 Å². The highest BCUT2D eigenvalue weighted by Crippen LogP contribution is 2.41. The lowest BCUT2D eigenvalue weighted by molar-refractivity contribution is -0.118. The number of aromatic nitrogens is 3. The molecule has 6 heteroatoms. The number of hydrogen-bond donors (Lipinski definition) is 0. The van der Waals surface area contributed by atoms with Gasteiger partial charge in [-0.15, -0.1) is 16.8 Å². The van der Waals surface area contributed by atoms with E-state index in [0.29, 0.717) is 12.5 Å². The van der Waals surface area contributed by atoms with Crippen molar-refractivity contribution in [2.75, 3.05) is 4.90 Å². The number of hydrogen-bond acceptors (Lipinski definition) is 4. The van der Waals surface area contributed by atoms with E-state index in [4.69, 9.17) is 0 Å². The summed E-state index contributed by atoms with van der Waals surface area (Å²) < 4.78 is 2.11. The van der Waals surface area contributed by atoms with Gasteiger partial charge in [-0.3, -0.25) is 4.79 Å². The SMILES string of the molecule is C=CCn1c(SC(C)C(=O)N2c3ccccc3CC2C)nnc1C1CC1. The van der Waals surface area contributed by atoms with E-state index >= 15 is 0 Å². The summed E-state index contributed by atoms with van der Waals surface area (Å²) >= 11 is 1.50. The molecule has 0 spiro atoms. The van der Waals surface area contributed by atoms with Crippen LogP contribution in [0, 0.1) is 0 Å². The topological polar surface area (TPSA) is 51.0 Å². The summed E-state index contributed by atoms with van der Waals surface area (Å²) in [5, 5.41) is 9.34. The van der Waals surface area contributed by atoms with Gasteiger partial charge in [0.25, 0.3) is 0 Å². The summed E-state index contributed by atoms with van der Waals surface area (Å²) in [6.45, 7) is 8.61. The van der Waals surface area contributed by atoms with Crippen LogP contribution in [0.1, 0.15) is 44.0 Å². The summed E-state index contributed by atoms with van der Waals surface area (Å²) in [7, 11) is 0. The third kappa shape index (κ3) is 3.07. The van der Waals surface area contributed by atoms with Crippen LogP contribution in [0.5, 0.6) is 0 Å². The van der Waals surface area contributed by atoms with Crippen molar-refractivity contribution in [3.63, 3.8) is 0 Å². The lowest BCUT2D eigenvalue weighted by Crippen LogP contribution is -2.40. The van der Waals surface area contributed by atoms with Crippen molar-refractivity contribution in [2.24, 2.45) is 0 Å². The Morgan fingerprint density at radius 2 is 2.15 bits per heavy atom. The molecule has 2 aromatic rings. The fourth-order valence-corrected chi connectivity index (χ4v) is 4.55. The van der Waals surface area contributed by atoms with Crippen LogP contribution in [0.2, 0.25) is 0 Å². The lowest BCUT2D eigenvalue weighted by atomic mass is 10.1. The number of allylic oxidation sites excluding steroid dienone is 1. The molecule has 1 aromatic heterocycles. The van der Waals surface area contributed by atoms with Crippen LogP contribution in [0.4, 0.5) is 5.69 Å². The standard InChI is InChI=1S/C20H24N4OS/c1-4-11-23-18(15-9-10-15)21-22-20(23)26-14(3)19(25)24-13(2)12-16-7-5-6-8-17(16)24/h4-8,13-15H,1,9-12H2,2-3H3. The van der Waals surface area contributed by atoms with Crippen LogP contribution in [-0.2, 0) is 17.8 Å². The maximum absolute atomic E-state index is 13.2. The molecule has 1 amide bonds. The number of nitrogens with zero attached hydrogens (tertiary/aromatic N) is 4. The van der Waals surface area contributed by atoms with Gasteiger partial charge in [0, 0.05) is 24.2 Å². The second-order valence-corrected chi connectivity index (χ2v) is 8.47. The molecule has 0 N–H and O–H groups in total. The average Bonchev–Trinajstić information content (AvgIpc) is 3.32. The Kier molecular flexibility index (Phi) is 4.61. The summed E-state index contributed by atoms with van der Waals surface area (Å²) in [6.07, 6.45) is 5.13. The molecule has 4 rings (SSSR count). The first-order valence-corrected chi connectivity index (χ1v) is 10.1. The molecule has 5 nitrogen and oxygen atoms in total. The highest BCUT2D eigenvalue weighted by Gasteiger charge is 2.35. The molecule has 1 aliphatic heterocycles. The first kappa shape index (κ1) is 17.3. The van der Waals surface area contributed by atoms with Gasteiger partial charge in [0.2, 0.25) is 5.91 Å². The zero-order valence-corrected chi connectivity index (χ0v) is 16.1. The largest absolute Gasteiger partial charge is 0.308 e. The predicted octanol–water partition coefficient (Wildman–Crippen LogP) is 3.80. The highest BCUT2D eigenvalue weighted by atomic mass is 32.2. The molecular formula is C20H24N4OS. The quantitative estimate of drug-likeness (QED) is 0.575. The van der Waals surface area contributed by atoms with Crippen molar-refractivity contribution < 1.29 is 4.79 Å². The molecular weight excluding hydrogens is 344 g/mol. The van der Waals surface area contributed by atoms with Gasteiger partial charge in [0.1, 0.15) is 5.82 Å². The van der Waals surface area contributed by atoms with Crippen LogP contribution in [-0.4, -0.2) is 32.0 Å². The molecule has 2 unspecified atom stereocenters. The van der Waals surface area contributed by atoms with Gasteiger partial charge in [-0.05, 0) is 44.7 Å². The minimum absolute atomic E-state index is 0.133. The van der Waals surface area contributed by atoms with Crippen LogP contribution in [0.3, 0.4) is 0 Å². The number of carbonyl (C=O) groups excluding carboxylic acids is 1. The molecule has 2 aliphatic rings. The van der Waals surface area contributed by atoms with Crippen molar-refractivity contribution in [1.29, 1.82) is 0 Å². The minimum atomic E-state index is -0.219. The van der Waals surface area contributed by atoms with E-state index < -0.39 is 0 Å². The summed E-state index contributed by atoms with van der Waals surface area (Å²) in [5.41, 5.74) is 2.29. The fourth-order valence-electron chi connectivity index (χ4n) is 3.64. The second kappa shape index (κ2) is 6.91.